The van der Waals surface area contributed by atoms with Crippen LogP contribution < -0.4 is 0 Å². The molecular formula is C18H11F4N3O3. The number of rotatable bonds is 5. The van der Waals surface area contributed by atoms with E-state index in [1.54, 1.807) is 0 Å². The quantitative estimate of drug-likeness (QED) is 0.530. The third-order valence-electron chi connectivity index (χ3n) is 3.81. The third-order valence-corrected chi connectivity index (χ3v) is 3.81. The van der Waals surface area contributed by atoms with Gasteiger partial charge in [-0.3, -0.25) is 4.79 Å². The van der Waals surface area contributed by atoms with Crippen molar-refractivity contribution in [1.82, 2.24) is 14.8 Å². The molecule has 144 valence electrons. The molecule has 1 N–H and O–H groups in total. The summed E-state index contributed by atoms with van der Waals surface area (Å²) in [5.41, 5.74) is -1.11. The topological polar surface area (TPSA) is 85.1 Å². The fourth-order valence-electron chi connectivity index (χ4n) is 2.60. The van der Waals surface area contributed by atoms with E-state index >= 15 is 0 Å². The van der Waals surface area contributed by atoms with Gasteiger partial charge in [0.2, 0.25) is 0 Å². The molecule has 28 heavy (non-hydrogen) atoms. The molecule has 0 bridgehead atoms. The van der Waals surface area contributed by atoms with Crippen LogP contribution in [0.2, 0.25) is 0 Å². The largest absolute Gasteiger partial charge is 0.476 e. The van der Waals surface area contributed by atoms with Crippen LogP contribution in [0.25, 0.3) is 5.82 Å². The Labute approximate surface area is 155 Å². The minimum absolute atomic E-state index is 0.0239. The lowest BCUT2D eigenvalue weighted by Gasteiger charge is -2.10. The predicted molar refractivity (Wildman–Crippen MR) is 87.9 cm³/mol. The van der Waals surface area contributed by atoms with E-state index in [2.05, 4.69) is 10.1 Å². The summed E-state index contributed by atoms with van der Waals surface area (Å²) in [4.78, 5) is 26.1. The van der Waals surface area contributed by atoms with Gasteiger partial charge < -0.3 is 5.11 Å². The number of hydrogen-bond donors (Lipinski definition) is 1. The Kier molecular flexibility index (Phi) is 4.95. The SMILES string of the molecule is O=Cc1cn(-c2cc(Cc3cc(F)cc(C(F)(F)F)c3)ccn2)nc1C(=O)O. The van der Waals surface area contributed by atoms with E-state index in [0.717, 1.165) is 16.8 Å². The Hall–Kier alpha value is -3.56. The number of halogens is 4. The monoisotopic (exact) mass is 393 g/mol. The molecule has 0 amide bonds. The van der Waals surface area contributed by atoms with Crippen molar-refractivity contribution in [3.05, 3.63) is 76.5 Å². The Balaban J connectivity index is 1.94. The fraction of sp³-hybridized carbons (Fsp3) is 0.111. The molecule has 0 saturated carbocycles. The van der Waals surface area contributed by atoms with E-state index < -0.39 is 29.2 Å². The zero-order chi connectivity index (χ0) is 20.5. The maximum atomic E-state index is 13.6. The maximum Gasteiger partial charge on any atom is 0.416 e. The van der Waals surface area contributed by atoms with Gasteiger partial charge in [-0.15, -0.1) is 0 Å². The summed E-state index contributed by atoms with van der Waals surface area (Å²) in [7, 11) is 0. The highest BCUT2D eigenvalue weighted by Gasteiger charge is 2.31. The number of carboxylic acid groups (broad SMARTS) is 1. The first-order valence-electron chi connectivity index (χ1n) is 7.77. The number of carbonyl (C=O) groups is 2. The van der Waals surface area contributed by atoms with Gasteiger partial charge in [0.05, 0.1) is 11.1 Å². The molecule has 0 fully saturated rings. The summed E-state index contributed by atoms with van der Waals surface area (Å²) in [5, 5.41) is 12.8. The van der Waals surface area contributed by atoms with Crippen molar-refractivity contribution in [3.63, 3.8) is 0 Å². The van der Waals surface area contributed by atoms with Crippen LogP contribution in [0.1, 0.15) is 37.5 Å². The summed E-state index contributed by atoms with van der Waals surface area (Å²) in [5.74, 6) is -2.25. The maximum absolute atomic E-state index is 13.6. The summed E-state index contributed by atoms with van der Waals surface area (Å²) in [6.07, 6.45) is -1.84. The number of alkyl halides is 3. The Morgan fingerprint density at radius 1 is 1.18 bits per heavy atom. The number of hydrogen-bond acceptors (Lipinski definition) is 4. The molecule has 0 aliphatic heterocycles. The van der Waals surface area contributed by atoms with Crippen molar-refractivity contribution in [2.24, 2.45) is 0 Å². The second-order valence-electron chi connectivity index (χ2n) is 5.85. The van der Waals surface area contributed by atoms with Crippen LogP contribution in [0.4, 0.5) is 17.6 Å². The Bertz CT molecular complexity index is 1060. The molecule has 6 nitrogen and oxygen atoms in total. The molecule has 0 unspecified atom stereocenters. The first-order chi connectivity index (χ1) is 13.2. The summed E-state index contributed by atoms with van der Waals surface area (Å²) in [6.45, 7) is 0. The Morgan fingerprint density at radius 3 is 2.54 bits per heavy atom. The molecule has 1 aromatic carbocycles. The number of pyridine rings is 1. The van der Waals surface area contributed by atoms with Gasteiger partial charge in [0.1, 0.15) is 5.82 Å². The van der Waals surface area contributed by atoms with Crippen molar-refractivity contribution in [3.8, 4) is 5.82 Å². The van der Waals surface area contributed by atoms with Gasteiger partial charge in [0, 0.05) is 12.4 Å². The highest BCUT2D eigenvalue weighted by Crippen LogP contribution is 2.31. The van der Waals surface area contributed by atoms with Gasteiger partial charge in [-0.1, -0.05) is 0 Å². The summed E-state index contributed by atoms with van der Waals surface area (Å²) >= 11 is 0. The summed E-state index contributed by atoms with van der Waals surface area (Å²) < 4.78 is 53.2. The van der Waals surface area contributed by atoms with Gasteiger partial charge in [-0.05, 0) is 47.9 Å². The molecular weight excluding hydrogens is 382 g/mol. The van der Waals surface area contributed by atoms with E-state index in [1.807, 2.05) is 0 Å². The lowest BCUT2D eigenvalue weighted by molar-refractivity contribution is -0.137. The molecule has 0 aliphatic rings. The van der Waals surface area contributed by atoms with Crippen LogP contribution in [0.15, 0.2) is 42.7 Å². The van der Waals surface area contributed by atoms with E-state index in [1.165, 1.54) is 24.5 Å². The van der Waals surface area contributed by atoms with Crippen LogP contribution in [0, 0.1) is 5.82 Å². The van der Waals surface area contributed by atoms with Crippen molar-refractivity contribution >= 4 is 12.3 Å². The van der Waals surface area contributed by atoms with Crippen LogP contribution in [-0.2, 0) is 12.6 Å². The average Bonchev–Trinajstić information content (AvgIpc) is 3.05. The Morgan fingerprint density at radius 2 is 1.93 bits per heavy atom. The zero-order valence-corrected chi connectivity index (χ0v) is 13.9. The van der Waals surface area contributed by atoms with E-state index in [9.17, 15) is 27.2 Å². The van der Waals surface area contributed by atoms with Crippen molar-refractivity contribution in [2.75, 3.05) is 0 Å². The molecule has 2 aromatic heterocycles. The smallest absolute Gasteiger partial charge is 0.416 e. The number of nitrogens with zero attached hydrogens (tertiary/aromatic N) is 3. The molecule has 0 saturated heterocycles. The highest BCUT2D eigenvalue weighted by molar-refractivity contribution is 5.95. The van der Waals surface area contributed by atoms with Gasteiger partial charge in [-0.25, -0.2) is 18.9 Å². The normalized spacial score (nSPS) is 11.4. The lowest BCUT2D eigenvalue weighted by Crippen LogP contribution is -2.07. The van der Waals surface area contributed by atoms with Crippen LogP contribution in [0.3, 0.4) is 0 Å². The lowest BCUT2D eigenvalue weighted by atomic mass is 10.0. The number of aromatic carboxylic acids is 1. The number of carbonyl (C=O) groups excluding carboxylic acids is 1. The van der Waals surface area contributed by atoms with Gasteiger partial charge in [0.15, 0.2) is 17.8 Å². The third kappa shape index (κ3) is 4.05. The van der Waals surface area contributed by atoms with Crippen molar-refractivity contribution in [1.29, 1.82) is 0 Å². The molecule has 3 aromatic rings. The number of benzene rings is 1. The van der Waals surface area contributed by atoms with Crippen LogP contribution in [-0.4, -0.2) is 32.1 Å². The van der Waals surface area contributed by atoms with Crippen molar-refractivity contribution < 1.29 is 32.3 Å². The number of aldehydes is 1. The van der Waals surface area contributed by atoms with E-state index in [0.29, 0.717) is 17.9 Å². The van der Waals surface area contributed by atoms with Crippen LogP contribution >= 0.6 is 0 Å². The standard InChI is InChI=1S/C18H11F4N3O3/c19-14-5-11(4-13(7-14)18(20,21)22)3-10-1-2-23-15(6-10)25-8-12(9-26)16(24-25)17(27)28/h1-2,4-9H,3H2,(H,27,28). The first-order valence-corrected chi connectivity index (χ1v) is 7.77. The number of aromatic nitrogens is 3. The second-order valence-corrected chi connectivity index (χ2v) is 5.85. The van der Waals surface area contributed by atoms with Crippen molar-refractivity contribution in [2.45, 2.75) is 12.6 Å². The minimum Gasteiger partial charge on any atom is -0.476 e. The van der Waals surface area contributed by atoms with Gasteiger partial charge in [-0.2, -0.15) is 18.3 Å². The molecule has 0 aliphatic carbocycles. The fourth-order valence-corrected chi connectivity index (χ4v) is 2.60. The molecule has 0 atom stereocenters. The van der Waals surface area contributed by atoms with Gasteiger partial charge >= 0.3 is 12.1 Å². The zero-order valence-electron chi connectivity index (χ0n) is 13.9. The molecule has 2 heterocycles. The molecule has 0 radical (unpaired) electrons. The minimum atomic E-state index is -4.67. The van der Waals surface area contributed by atoms with Gasteiger partial charge in [0.25, 0.3) is 0 Å². The van der Waals surface area contributed by atoms with Crippen LogP contribution in [0.5, 0.6) is 0 Å². The molecule has 10 heteroatoms. The molecule has 3 rings (SSSR count). The molecule has 0 spiro atoms. The predicted octanol–water partition coefficient (Wildman–Crippen LogP) is 3.53. The van der Waals surface area contributed by atoms with E-state index in [-0.39, 0.29) is 23.4 Å². The van der Waals surface area contributed by atoms with E-state index in [4.69, 9.17) is 5.11 Å². The highest BCUT2D eigenvalue weighted by atomic mass is 19.4. The first kappa shape index (κ1) is 19.2. The average molecular weight is 393 g/mol. The second kappa shape index (κ2) is 7.22. The summed E-state index contributed by atoms with van der Waals surface area (Å²) in [6, 6.07) is 5.23. The number of carboxylic acids is 1.